The Balaban J connectivity index is 0.00000144. The van der Waals surface area contributed by atoms with Crippen LogP contribution < -0.4 is 10.6 Å². The van der Waals surface area contributed by atoms with E-state index in [9.17, 15) is 4.79 Å². The highest BCUT2D eigenvalue weighted by Gasteiger charge is 2.15. The first-order valence-corrected chi connectivity index (χ1v) is 5.73. The van der Waals surface area contributed by atoms with E-state index in [0.717, 1.165) is 31.5 Å². The van der Waals surface area contributed by atoms with E-state index >= 15 is 0 Å². The van der Waals surface area contributed by atoms with Crippen LogP contribution in [0.5, 0.6) is 0 Å². The molecule has 0 aliphatic carbocycles. The minimum atomic E-state index is 0. The third kappa shape index (κ3) is 4.71. The van der Waals surface area contributed by atoms with Crippen molar-refractivity contribution in [2.24, 2.45) is 0 Å². The summed E-state index contributed by atoms with van der Waals surface area (Å²) in [6, 6.07) is 4.06. The van der Waals surface area contributed by atoms with Gasteiger partial charge >= 0.3 is 0 Å². The first kappa shape index (κ1) is 13.9. The number of amides is 1. The maximum absolute atomic E-state index is 11.7. The number of piperidine rings is 1. The van der Waals surface area contributed by atoms with Crippen LogP contribution in [-0.4, -0.2) is 30.0 Å². The highest BCUT2D eigenvalue weighted by molar-refractivity contribution is 5.85. The third-order valence-electron chi connectivity index (χ3n) is 2.75. The second kappa shape index (κ2) is 7.25. The first-order valence-electron chi connectivity index (χ1n) is 5.73. The zero-order valence-electron chi connectivity index (χ0n) is 9.69. The molecule has 0 aromatic carbocycles. The number of nitrogens with one attached hydrogen (secondary N) is 2. The first-order chi connectivity index (χ1) is 7.84. The predicted molar refractivity (Wildman–Crippen MR) is 69.2 cm³/mol. The molecular formula is C12H18ClN3O. The molecule has 0 saturated carbocycles. The molecule has 2 N–H and O–H groups in total. The number of aromatic nitrogens is 1. The summed E-state index contributed by atoms with van der Waals surface area (Å²) in [7, 11) is 0. The molecule has 1 aliphatic heterocycles. The normalized spacial score (nSPS) is 19.2. The second-order valence-corrected chi connectivity index (χ2v) is 4.15. The monoisotopic (exact) mass is 255 g/mol. The van der Waals surface area contributed by atoms with E-state index in [1.165, 1.54) is 0 Å². The molecule has 5 heteroatoms. The number of nitrogens with zero attached hydrogens (tertiary/aromatic N) is 1. The van der Waals surface area contributed by atoms with Crippen molar-refractivity contribution in [2.75, 3.05) is 13.1 Å². The molecule has 1 amide bonds. The summed E-state index contributed by atoms with van der Waals surface area (Å²) in [6.07, 6.45) is 6.08. The van der Waals surface area contributed by atoms with E-state index in [0.29, 0.717) is 6.42 Å². The quantitative estimate of drug-likeness (QED) is 0.844. The average Bonchev–Trinajstić information content (AvgIpc) is 2.31. The molecule has 0 unspecified atom stereocenters. The Labute approximate surface area is 108 Å². The number of hydrogen-bond acceptors (Lipinski definition) is 3. The van der Waals surface area contributed by atoms with Crippen LogP contribution in [0.1, 0.15) is 18.4 Å². The Morgan fingerprint density at radius 3 is 3.12 bits per heavy atom. The average molecular weight is 256 g/mol. The molecule has 17 heavy (non-hydrogen) atoms. The molecule has 1 aliphatic rings. The Morgan fingerprint density at radius 1 is 1.59 bits per heavy atom. The van der Waals surface area contributed by atoms with Crippen LogP contribution in [0.15, 0.2) is 24.5 Å². The summed E-state index contributed by atoms with van der Waals surface area (Å²) in [6.45, 7) is 1.95. The van der Waals surface area contributed by atoms with Crippen LogP contribution in [0.3, 0.4) is 0 Å². The molecular weight excluding hydrogens is 238 g/mol. The van der Waals surface area contributed by atoms with Crippen molar-refractivity contribution in [1.82, 2.24) is 15.6 Å². The van der Waals surface area contributed by atoms with Crippen molar-refractivity contribution in [2.45, 2.75) is 25.3 Å². The standard InChI is InChI=1S/C12H17N3O.ClH/c16-12(7-10-3-1-5-13-8-10)15-11-4-2-6-14-9-11;/h1,3,5,8,11,14H,2,4,6-7,9H2,(H,15,16);1H/t11-;/m0./s1. The molecule has 1 fully saturated rings. The van der Waals surface area contributed by atoms with Crippen molar-refractivity contribution >= 4 is 18.3 Å². The summed E-state index contributed by atoms with van der Waals surface area (Å²) in [5, 5.41) is 6.32. The van der Waals surface area contributed by atoms with E-state index in [2.05, 4.69) is 15.6 Å². The predicted octanol–water partition coefficient (Wildman–Crippen LogP) is 0.914. The lowest BCUT2D eigenvalue weighted by Crippen LogP contribution is -2.46. The molecule has 1 atom stereocenters. The van der Waals surface area contributed by atoms with Crippen molar-refractivity contribution in [1.29, 1.82) is 0 Å². The summed E-state index contributed by atoms with van der Waals surface area (Å²) >= 11 is 0. The number of halogens is 1. The largest absolute Gasteiger partial charge is 0.352 e. The zero-order chi connectivity index (χ0) is 11.2. The molecule has 0 bridgehead atoms. The molecule has 1 aromatic heterocycles. The summed E-state index contributed by atoms with van der Waals surface area (Å²) in [5.74, 6) is 0.0849. The molecule has 1 saturated heterocycles. The van der Waals surface area contributed by atoms with Crippen LogP contribution in [0.25, 0.3) is 0 Å². The van der Waals surface area contributed by atoms with E-state index < -0.39 is 0 Å². The van der Waals surface area contributed by atoms with Gasteiger partial charge in [-0.05, 0) is 31.0 Å². The Morgan fingerprint density at radius 2 is 2.47 bits per heavy atom. The van der Waals surface area contributed by atoms with Crippen LogP contribution in [0, 0.1) is 0 Å². The Hall–Kier alpha value is -1.13. The molecule has 1 aromatic rings. The van der Waals surface area contributed by atoms with Crippen LogP contribution in [-0.2, 0) is 11.2 Å². The number of hydrogen-bond donors (Lipinski definition) is 2. The van der Waals surface area contributed by atoms with Gasteiger partial charge in [-0.1, -0.05) is 6.07 Å². The van der Waals surface area contributed by atoms with Crippen molar-refractivity contribution in [3.05, 3.63) is 30.1 Å². The lowest BCUT2D eigenvalue weighted by Gasteiger charge is -2.23. The Bertz CT molecular complexity index is 339. The topological polar surface area (TPSA) is 54.0 Å². The van der Waals surface area contributed by atoms with Gasteiger partial charge in [0.2, 0.25) is 5.91 Å². The SMILES string of the molecule is Cl.O=C(Cc1cccnc1)N[C@H]1CCCNC1. The van der Waals surface area contributed by atoms with Gasteiger partial charge < -0.3 is 10.6 Å². The number of carbonyl (C=O) groups is 1. The van der Waals surface area contributed by atoms with Crippen molar-refractivity contribution in [3.8, 4) is 0 Å². The third-order valence-corrected chi connectivity index (χ3v) is 2.75. The molecule has 2 heterocycles. The van der Waals surface area contributed by atoms with Gasteiger partial charge in [-0.2, -0.15) is 0 Å². The summed E-state index contributed by atoms with van der Waals surface area (Å²) in [4.78, 5) is 15.7. The molecule has 94 valence electrons. The summed E-state index contributed by atoms with van der Waals surface area (Å²) in [5.41, 5.74) is 0.962. The molecule has 4 nitrogen and oxygen atoms in total. The maximum atomic E-state index is 11.7. The van der Waals surface area contributed by atoms with E-state index in [1.54, 1.807) is 12.4 Å². The van der Waals surface area contributed by atoms with E-state index in [-0.39, 0.29) is 24.4 Å². The van der Waals surface area contributed by atoms with Gasteiger partial charge in [-0.25, -0.2) is 0 Å². The van der Waals surface area contributed by atoms with E-state index in [1.807, 2.05) is 12.1 Å². The number of rotatable bonds is 3. The van der Waals surface area contributed by atoms with Crippen molar-refractivity contribution in [3.63, 3.8) is 0 Å². The number of pyridine rings is 1. The zero-order valence-corrected chi connectivity index (χ0v) is 10.5. The lowest BCUT2D eigenvalue weighted by molar-refractivity contribution is -0.121. The van der Waals surface area contributed by atoms with Crippen LogP contribution >= 0.6 is 12.4 Å². The van der Waals surface area contributed by atoms with Gasteiger partial charge in [0, 0.05) is 25.0 Å². The highest BCUT2D eigenvalue weighted by Crippen LogP contribution is 2.02. The minimum Gasteiger partial charge on any atom is -0.352 e. The second-order valence-electron chi connectivity index (χ2n) is 4.15. The van der Waals surface area contributed by atoms with E-state index in [4.69, 9.17) is 0 Å². The number of carbonyl (C=O) groups excluding carboxylic acids is 1. The van der Waals surface area contributed by atoms with Gasteiger partial charge in [0.1, 0.15) is 0 Å². The fourth-order valence-electron chi connectivity index (χ4n) is 1.94. The lowest BCUT2D eigenvalue weighted by atomic mass is 10.1. The fourth-order valence-corrected chi connectivity index (χ4v) is 1.94. The minimum absolute atomic E-state index is 0. The highest BCUT2D eigenvalue weighted by atomic mass is 35.5. The van der Waals surface area contributed by atoms with Crippen LogP contribution in [0.4, 0.5) is 0 Å². The molecule has 0 radical (unpaired) electrons. The maximum Gasteiger partial charge on any atom is 0.224 e. The fraction of sp³-hybridized carbons (Fsp3) is 0.500. The van der Waals surface area contributed by atoms with Crippen molar-refractivity contribution < 1.29 is 4.79 Å². The Kier molecular flexibility index (Phi) is 5.94. The smallest absolute Gasteiger partial charge is 0.224 e. The van der Waals surface area contributed by atoms with Gasteiger partial charge in [0.25, 0.3) is 0 Å². The van der Waals surface area contributed by atoms with Crippen LogP contribution in [0.2, 0.25) is 0 Å². The van der Waals surface area contributed by atoms with Gasteiger partial charge in [-0.3, -0.25) is 9.78 Å². The van der Waals surface area contributed by atoms with Gasteiger partial charge in [0.05, 0.1) is 6.42 Å². The summed E-state index contributed by atoms with van der Waals surface area (Å²) < 4.78 is 0. The van der Waals surface area contributed by atoms with Gasteiger partial charge in [0.15, 0.2) is 0 Å². The molecule has 0 spiro atoms. The van der Waals surface area contributed by atoms with Gasteiger partial charge in [-0.15, -0.1) is 12.4 Å². The molecule has 2 rings (SSSR count).